The number of carboxylic acid groups (broad SMARTS) is 1. The van der Waals surface area contributed by atoms with Crippen LogP contribution in [0.3, 0.4) is 0 Å². The lowest BCUT2D eigenvalue weighted by molar-refractivity contribution is -0.160. The smallest absolute Gasteiger partial charge is 0.320 e. The molecule has 4 aliphatic heterocycles. The molecule has 388 valence electrons. The lowest BCUT2D eigenvalue weighted by Crippen LogP contribution is -2.46. The number of hydrogen-bond donors (Lipinski definition) is 9. The standard InChI is InChI=1S/C43H58N4O12.C5H12N2O3S/c1-21-12-11-13-22(2)42(55)45-33-28(20-44-47-17-15-46(9)16-18-47)37(52)30-31(38(33)53)36(51)26(6)40-32(30)41(54)43(8,59-40)57-19-14-29(56-10)23(3)39(58-27(7)48)25(5)35(50)24(4)34(21)49;1-11(7,10)3-2-4(6)5(8)9/h11-14,19-21,23-25,29,34-35,39,49-53H,15-18H2,1-10H3,(H,45,55);4,7H,2-3,6H2,1H3,(H,8,9)/b12-11+,19-14+,22-13-,44-20-;/t21-,23-,24+,25+,29-,34+,35+,39+,43-;4-,11?/m00/s1. The molecule has 5 bridgehead atoms. The van der Waals surface area contributed by atoms with Crippen LogP contribution in [0.15, 0.2) is 41.2 Å². The van der Waals surface area contributed by atoms with Crippen LogP contribution in [0.4, 0.5) is 5.69 Å². The number of ether oxygens (including phenoxy) is 4. The van der Waals surface area contributed by atoms with Crippen molar-refractivity contribution in [1.29, 1.82) is 4.78 Å². The number of nitrogens with zero attached hydrogens (tertiary/aromatic N) is 3. The number of rotatable bonds is 8. The van der Waals surface area contributed by atoms with Crippen LogP contribution in [0.5, 0.6) is 23.0 Å². The predicted octanol–water partition coefficient (Wildman–Crippen LogP) is 3.80. The van der Waals surface area contributed by atoms with Crippen LogP contribution in [0.2, 0.25) is 0 Å². The van der Waals surface area contributed by atoms with Gasteiger partial charge in [0.1, 0.15) is 29.4 Å². The van der Waals surface area contributed by atoms with E-state index in [0.717, 1.165) is 13.1 Å². The first-order chi connectivity index (χ1) is 32.6. The van der Waals surface area contributed by atoms with E-state index in [-0.39, 0.29) is 56.6 Å². The summed E-state index contributed by atoms with van der Waals surface area (Å²) < 4.78 is 41.3. The number of likely N-dealkylation sites (N-methyl/N-ethyl adjacent to an activating group) is 1. The van der Waals surface area contributed by atoms with Crippen LogP contribution in [-0.2, 0) is 38.3 Å². The molecule has 6 rings (SSSR count). The van der Waals surface area contributed by atoms with Gasteiger partial charge in [0.15, 0.2) is 5.75 Å². The van der Waals surface area contributed by atoms with Gasteiger partial charge in [-0.2, -0.15) is 5.10 Å². The lowest BCUT2D eigenvalue weighted by atomic mass is 9.78. The van der Waals surface area contributed by atoms with Crippen molar-refractivity contribution in [3.8, 4) is 23.0 Å². The Balaban J connectivity index is 0.000000861. The number of methoxy groups -OCH3 is 1. The molecule has 1 saturated heterocycles. The number of esters is 1. The zero-order chi connectivity index (χ0) is 52.7. The first-order valence-electron chi connectivity index (χ1n) is 22.8. The number of nitrogens with one attached hydrogen (secondary N) is 2. The number of nitrogens with two attached hydrogens (primary N) is 1. The van der Waals surface area contributed by atoms with Crippen molar-refractivity contribution in [1.82, 2.24) is 9.91 Å². The van der Waals surface area contributed by atoms with E-state index in [0.29, 0.717) is 13.1 Å². The van der Waals surface area contributed by atoms with Crippen LogP contribution in [0.1, 0.15) is 76.4 Å². The van der Waals surface area contributed by atoms with Gasteiger partial charge in [-0.15, -0.1) is 0 Å². The summed E-state index contributed by atoms with van der Waals surface area (Å²) in [4.78, 5) is 52.8. The van der Waals surface area contributed by atoms with Gasteiger partial charge in [-0.05, 0) is 33.4 Å². The summed E-state index contributed by atoms with van der Waals surface area (Å²) in [7, 11) is 0.825. The number of allylic oxidation sites excluding steroid dienone is 2. The van der Waals surface area contributed by atoms with Crippen molar-refractivity contribution in [3.63, 3.8) is 0 Å². The summed E-state index contributed by atoms with van der Waals surface area (Å²) in [5, 5.41) is 75.1. The minimum absolute atomic E-state index is 0.0421. The molecule has 0 radical (unpaired) electrons. The minimum atomic E-state index is -2.60. The number of ketones is 1. The van der Waals surface area contributed by atoms with Crippen LogP contribution < -0.4 is 15.8 Å². The number of piperazine rings is 1. The number of fused-ring (bicyclic) bond motifs is 14. The van der Waals surface area contributed by atoms with Gasteiger partial charge >= 0.3 is 17.7 Å². The normalized spacial score (nSPS) is 30.0. The van der Waals surface area contributed by atoms with Gasteiger partial charge in [0.05, 0.1) is 53.0 Å². The number of carboxylic acids is 1. The number of hydrogen-bond acceptors (Lipinski definition) is 19. The average molecular weight is 1000 g/mol. The summed E-state index contributed by atoms with van der Waals surface area (Å²) in [5.74, 6) is -9.42. The first-order valence-corrected chi connectivity index (χ1v) is 24.9. The SMILES string of the molecule is CO[C@H]1/C=C/O[C@@]2(C)Oc3c(C)c(O)c4c(O)c(c(/C=N\N5CCN(C)CC5)c(O)c4c3C2=O)NC(=O)/C(C)=C\C=C\[C@H](C)[C@@H](O)[C@@H](C)[C@@H](O)[C@@H](C)[C@H](OC(C)=O)[C@H]1C.CS(=N)(=O)CC[C@H](N)C(=O)O. The zero-order valence-electron chi connectivity index (χ0n) is 41.6. The number of aliphatic carboxylic acids is 1. The van der Waals surface area contributed by atoms with Crippen LogP contribution in [0.25, 0.3) is 10.8 Å². The number of anilines is 1. The highest BCUT2D eigenvalue weighted by Crippen LogP contribution is 2.55. The van der Waals surface area contributed by atoms with E-state index < -0.39 is 111 Å². The zero-order valence-corrected chi connectivity index (χ0v) is 42.4. The van der Waals surface area contributed by atoms with Crippen molar-refractivity contribution in [2.45, 2.75) is 98.1 Å². The Morgan fingerprint density at radius 2 is 1.64 bits per heavy atom. The summed E-state index contributed by atoms with van der Waals surface area (Å²) in [6.45, 7) is 15.1. The summed E-state index contributed by atoms with van der Waals surface area (Å²) in [5.41, 5.74) is 4.77. The minimum Gasteiger partial charge on any atom is -0.507 e. The highest BCUT2D eigenvalue weighted by Gasteiger charge is 2.50. The van der Waals surface area contributed by atoms with Gasteiger partial charge in [-0.3, -0.25) is 33.2 Å². The first kappa shape index (κ1) is 56.8. The molecule has 10 N–H and O–H groups in total. The monoisotopic (exact) mass is 1000 g/mol. The molecule has 11 atom stereocenters. The number of phenolic OH excluding ortho intramolecular Hbond substituents is 3. The fourth-order valence-electron chi connectivity index (χ4n) is 8.40. The Bertz CT molecular complexity index is 2520. The number of hydrazone groups is 1. The maximum absolute atomic E-state index is 14.4. The molecule has 0 spiro atoms. The van der Waals surface area contributed by atoms with E-state index in [2.05, 4.69) is 15.3 Å². The maximum atomic E-state index is 14.4. The Morgan fingerprint density at radius 3 is 2.21 bits per heavy atom. The van der Waals surface area contributed by atoms with Crippen LogP contribution in [0, 0.1) is 35.4 Å². The number of carbonyl (C=O) groups is 4. The second kappa shape index (κ2) is 23.4. The number of amides is 1. The largest absolute Gasteiger partial charge is 0.507 e. The van der Waals surface area contributed by atoms with E-state index in [1.807, 2.05) is 7.05 Å². The highest BCUT2D eigenvalue weighted by atomic mass is 32.2. The molecular weight excluding hydrogens is 933 g/mol. The van der Waals surface area contributed by atoms with E-state index >= 15 is 0 Å². The fraction of sp³-hybridized carbons (Fsp3) is 0.562. The van der Waals surface area contributed by atoms with Crippen molar-refractivity contribution < 1.29 is 73.0 Å². The summed E-state index contributed by atoms with van der Waals surface area (Å²) >= 11 is 0. The molecule has 2 aromatic carbocycles. The molecule has 22 heteroatoms. The number of aromatic hydroxyl groups is 3. The van der Waals surface area contributed by atoms with Crippen molar-refractivity contribution in [2.24, 2.45) is 34.5 Å². The molecule has 1 amide bonds. The number of aliphatic hydroxyl groups is 2. The molecule has 0 aromatic heterocycles. The number of carbonyl (C=O) groups excluding carboxylic acids is 3. The third-order valence-corrected chi connectivity index (χ3v) is 14.0. The van der Waals surface area contributed by atoms with Gasteiger partial charge in [-0.1, -0.05) is 45.9 Å². The molecule has 0 aliphatic carbocycles. The average Bonchev–Trinajstić information content (AvgIpc) is 3.56. The van der Waals surface area contributed by atoms with E-state index in [4.69, 9.17) is 34.6 Å². The molecule has 0 saturated carbocycles. The Morgan fingerprint density at radius 1 is 1.01 bits per heavy atom. The molecule has 1 fully saturated rings. The van der Waals surface area contributed by atoms with Gasteiger partial charge in [0.2, 0.25) is 0 Å². The Hall–Kier alpha value is -5.78. The summed E-state index contributed by atoms with van der Waals surface area (Å²) in [6.07, 6.45) is 6.22. The predicted molar refractivity (Wildman–Crippen MR) is 262 cm³/mol. The van der Waals surface area contributed by atoms with Gasteiger partial charge in [0, 0.05) is 109 Å². The van der Waals surface area contributed by atoms with Gasteiger partial charge in [0.25, 0.3) is 11.7 Å². The third kappa shape index (κ3) is 13.1. The van der Waals surface area contributed by atoms with E-state index in [1.54, 1.807) is 44.9 Å². The van der Waals surface area contributed by atoms with Gasteiger partial charge < -0.3 is 65.5 Å². The number of Topliss-reactive ketones (excluding diaryl/α,β-unsaturated/α-hetero) is 1. The lowest BCUT2D eigenvalue weighted by Gasteiger charge is -2.38. The van der Waals surface area contributed by atoms with Crippen LogP contribution >= 0.6 is 0 Å². The second-order valence-electron chi connectivity index (χ2n) is 18.6. The van der Waals surface area contributed by atoms with E-state index in [1.165, 1.54) is 65.7 Å². The van der Waals surface area contributed by atoms with Crippen molar-refractivity contribution in [2.75, 3.05) is 57.7 Å². The third-order valence-electron chi connectivity index (χ3n) is 13.0. The topological polar surface area (TPSA) is 324 Å². The molecule has 4 aliphatic rings. The molecular formula is C48H70N6O15S. The fourth-order valence-corrected chi connectivity index (χ4v) is 9.10. The highest BCUT2D eigenvalue weighted by molar-refractivity contribution is 7.91. The quantitative estimate of drug-likeness (QED) is 0.0786. The second-order valence-corrected chi connectivity index (χ2v) is 21.0. The Kier molecular flexibility index (Phi) is 19.0. The molecule has 21 nitrogen and oxygen atoms in total. The number of benzene rings is 2. The molecule has 1 unspecified atom stereocenters. The molecule has 4 heterocycles. The number of phenols is 3. The Labute approximate surface area is 408 Å². The van der Waals surface area contributed by atoms with Crippen molar-refractivity contribution in [3.05, 3.63) is 52.8 Å². The summed E-state index contributed by atoms with van der Waals surface area (Å²) in [6, 6.07) is -0.999. The van der Waals surface area contributed by atoms with Gasteiger partial charge in [-0.25, -0.2) is 0 Å². The maximum Gasteiger partial charge on any atom is 0.320 e. The van der Waals surface area contributed by atoms with Crippen molar-refractivity contribution >= 4 is 56.0 Å². The van der Waals surface area contributed by atoms with E-state index in [9.17, 15) is 48.9 Å². The number of aliphatic hydroxyl groups excluding tert-OH is 2. The van der Waals surface area contributed by atoms with Crippen LogP contribution in [-0.4, -0.2) is 163 Å². The molecule has 2 aromatic rings. The molecule has 70 heavy (non-hydrogen) atoms.